The summed E-state index contributed by atoms with van der Waals surface area (Å²) in [5.41, 5.74) is 3.53. The Hall–Kier alpha value is -3.37. The van der Waals surface area contributed by atoms with Crippen LogP contribution in [0.15, 0.2) is 24.4 Å². The molecular formula is C28H36N8O2. The van der Waals surface area contributed by atoms with E-state index in [1.807, 2.05) is 17.0 Å². The Morgan fingerprint density at radius 1 is 1.11 bits per heavy atom. The summed E-state index contributed by atoms with van der Waals surface area (Å²) in [6.07, 6.45) is 7.18. The third kappa shape index (κ3) is 5.15. The maximum atomic E-state index is 13.0. The number of carbonyl (C=O) groups excluding carboxylic acids is 1. The van der Waals surface area contributed by atoms with Crippen LogP contribution in [0.5, 0.6) is 0 Å². The molecule has 10 nitrogen and oxygen atoms in total. The van der Waals surface area contributed by atoms with Crippen molar-refractivity contribution in [2.24, 2.45) is 5.92 Å². The van der Waals surface area contributed by atoms with Crippen molar-refractivity contribution < 1.29 is 9.90 Å². The summed E-state index contributed by atoms with van der Waals surface area (Å²) >= 11 is 0. The molecule has 10 heteroatoms. The summed E-state index contributed by atoms with van der Waals surface area (Å²) in [6.45, 7) is 6.76. The number of nitrogens with one attached hydrogen (secondary N) is 2. The molecule has 3 aromatic heterocycles. The van der Waals surface area contributed by atoms with Crippen LogP contribution in [-0.4, -0.2) is 68.6 Å². The molecule has 3 N–H and O–H groups in total. The second kappa shape index (κ2) is 10.8. The Bertz CT molecular complexity index is 1320. The molecule has 38 heavy (non-hydrogen) atoms. The summed E-state index contributed by atoms with van der Waals surface area (Å²) in [5.74, 6) is 2.38. The number of aromatic nitrogens is 4. The van der Waals surface area contributed by atoms with Gasteiger partial charge in [-0.25, -0.2) is 19.9 Å². The fraction of sp³-hybridized carbons (Fsp3) is 0.536. The molecule has 0 bridgehead atoms. The SMILES string of the molecule is CC(O)c1cc2cnc(Nc3ccc4c(n3)CCN(C(=O)C3CCNCC3)C4)nc2c(N2CCCCC2)n1. The second-order valence-corrected chi connectivity index (χ2v) is 10.7. The van der Waals surface area contributed by atoms with E-state index in [-0.39, 0.29) is 11.8 Å². The lowest BCUT2D eigenvalue weighted by molar-refractivity contribution is -0.137. The zero-order chi connectivity index (χ0) is 26.1. The van der Waals surface area contributed by atoms with E-state index in [1.165, 1.54) is 6.42 Å². The average Bonchev–Trinajstić information content (AvgIpc) is 2.97. The number of aliphatic hydroxyl groups is 1. The molecule has 6 heterocycles. The minimum absolute atomic E-state index is 0.137. The number of hydrogen-bond donors (Lipinski definition) is 3. The molecule has 6 rings (SSSR count). The van der Waals surface area contributed by atoms with Gasteiger partial charge in [0.2, 0.25) is 11.9 Å². The molecule has 0 aliphatic carbocycles. The third-order valence-corrected chi connectivity index (χ3v) is 7.94. The first-order chi connectivity index (χ1) is 18.5. The number of carbonyl (C=O) groups is 1. The number of pyridine rings is 2. The summed E-state index contributed by atoms with van der Waals surface area (Å²) in [5, 5.41) is 17.7. The van der Waals surface area contributed by atoms with Gasteiger partial charge in [0.25, 0.3) is 0 Å². The van der Waals surface area contributed by atoms with Crippen molar-refractivity contribution in [3.63, 3.8) is 0 Å². The summed E-state index contributed by atoms with van der Waals surface area (Å²) < 4.78 is 0. The Labute approximate surface area is 222 Å². The van der Waals surface area contributed by atoms with Crippen molar-refractivity contribution in [3.8, 4) is 0 Å². The molecule has 0 radical (unpaired) electrons. The van der Waals surface area contributed by atoms with Gasteiger partial charge in [0.15, 0.2) is 5.82 Å². The first kappa shape index (κ1) is 24.9. The first-order valence-electron chi connectivity index (χ1n) is 13.9. The Morgan fingerprint density at radius 2 is 1.92 bits per heavy atom. The fourth-order valence-corrected chi connectivity index (χ4v) is 5.76. The van der Waals surface area contributed by atoms with Gasteiger partial charge >= 0.3 is 0 Å². The maximum absolute atomic E-state index is 13.0. The molecule has 0 aromatic carbocycles. The number of fused-ring (bicyclic) bond motifs is 2. The topological polar surface area (TPSA) is 119 Å². The summed E-state index contributed by atoms with van der Waals surface area (Å²) in [4.78, 5) is 36.3. The molecule has 1 unspecified atom stereocenters. The van der Waals surface area contributed by atoms with Gasteiger partial charge in [0, 0.05) is 55.8 Å². The van der Waals surface area contributed by atoms with E-state index in [4.69, 9.17) is 15.0 Å². The van der Waals surface area contributed by atoms with Crippen LogP contribution in [0.1, 0.15) is 62.1 Å². The summed E-state index contributed by atoms with van der Waals surface area (Å²) in [6, 6.07) is 5.86. The predicted octanol–water partition coefficient (Wildman–Crippen LogP) is 3.09. The van der Waals surface area contributed by atoms with Gasteiger partial charge in [-0.15, -0.1) is 0 Å². The lowest BCUT2D eigenvalue weighted by atomic mass is 9.95. The van der Waals surface area contributed by atoms with Crippen LogP contribution >= 0.6 is 0 Å². The van der Waals surface area contributed by atoms with Crippen molar-refractivity contribution in [2.45, 2.75) is 58.1 Å². The zero-order valence-corrected chi connectivity index (χ0v) is 22.0. The molecule has 2 fully saturated rings. The zero-order valence-electron chi connectivity index (χ0n) is 22.0. The molecule has 0 saturated carbocycles. The Morgan fingerprint density at radius 3 is 2.71 bits per heavy atom. The Balaban J connectivity index is 1.22. The van der Waals surface area contributed by atoms with E-state index in [2.05, 4.69) is 26.6 Å². The van der Waals surface area contributed by atoms with Crippen molar-refractivity contribution >= 4 is 34.4 Å². The fourth-order valence-electron chi connectivity index (χ4n) is 5.76. The van der Waals surface area contributed by atoms with E-state index in [0.29, 0.717) is 30.5 Å². The highest BCUT2D eigenvalue weighted by molar-refractivity contribution is 5.89. The van der Waals surface area contributed by atoms with E-state index >= 15 is 0 Å². The van der Waals surface area contributed by atoms with Crippen LogP contribution in [0.4, 0.5) is 17.6 Å². The van der Waals surface area contributed by atoms with Gasteiger partial charge in [-0.05, 0) is 69.8 Å². The average molecular weight is 517 g/mol. The van der Waals surface area contributed by atoms with Crippen LogP contribution in [0.25, 0.3) is 10.9 Å². The highest BCUT2D eigenvalue weighted by atomic mass is 16.3. The van der Waals surface area contributed by atoms with E-state index in [0.717, 1.165) is 86.3 Å². The highest BCUT2D eigenvalue weighted by Gasteiger charge is 2.29. The number of amides is 1. The van der Waals surface area contributed by atoms with Crippen LogP contribution in [-0.2, 0) is 17.8 Å². The Kier molecular flexibility index (Phi) is 7.08. The van der Waals surface area contributed by atoms with Gasteiger partial charge in [-0.2, -0.15) is 0 Å². The standard InChI is InChI=1S/C28H36N8O2/c1-18(37)23-15-21-16-30-28(34-25(21)26(32-23)35-12-3-2-4-13-35)33-24-6-5-20-17-36(14-9-22(20)31-24)27(38)19-7-10-29-11-8-19/h5-6,15-16,18-19,29,37H,2-4,7-14,17H2,1H3,(H,30,31,33,34). The van der Waals surface area contributed by atoms with Gasteiger partial charge < -0.3 is 25.5 Å². The third-order valence-electron chi connectivity index (χ3n) is 7.94. The van der Waals surface area contributed by atoms with Gasteiger partial charge in [0.1, 0.15) is 11.3 Å². The normalized spacial score (nSPS) is 19.3. The molecule has 1 atom stereocenters. The van der Waals surface area contributed by atoms with Crippen molar-refractivity contribution in [3.05, 3.63) is 41.3 Å². The molecule has 3 aromatic rings. The highest BCUT2D eigenvalue weighted by Crippen LogP contribution is 2.30. The number of hydrogen-bond acceptors (Lipinski definition) is 9. The predicted molar refractivity (Wildman–Crippen MR) is 146 cm³/mol. The van der Waals surface area contributed by atoms with Crippen molar-refractivity contribution in [1.82, 2.24) is 30.2 Å². The quantitative estimate of drug-likeness (QED) is 0.470. The molecule has 1 amide bonds. The smallest absolute Gasteiger partial charge is 0.229 e. The van der Waals surface area contributed by atoms with Crippen LogP contribution in [0.2, 0.25) is 0 Å². The van der Waals surface area contributed by atoms with Crippen LogP contribution in [0.3, 0.4) is 0 Å². The van der Waals surface area contributed by atoms with E-state index in [1.54, 1.807) is 13.1 Å². The lowest BCUT2D eigenvalue weighted by Gasteiger charge is -2.33. The molecule has 200 valence electrons. The van der Waals surface area contributed by atoms with Crippen LogP contribution < -0.4 is 15.5 Å². The molecular weight excluding hydrogens is 480 g/mol. The number of piperidine rings is 2. The van der Waals surface area contributed by atoms with Gasteiger partial charge in [-0.3, -0.25) is 4.79 Å². The number of anilines is 3. The maximum Gasteiger partial charge on any atom is 0.229 e. The molecule has 0 spiro atoms. The van der Waals surface area contributed by atoms with E-state index < -0.39 is 6.10 Å². The molecule has 3 aliphatic rings. The monoisotopic (exact) mass is 516 g/mol. The van der Waals surface area contributed by atoms with Crippen molar-refractivity contribution in [2.75, 3.05) is 42.9 Å². The first-order valence-corrected chi connectivity index (χ1v) is 13.9. The summed E-state index contributed by atoms with van der Waals surface area (Å²) in [7, 11) is 0. The number of aliphatic hydroxyl groups excluding tert-OH is 1. The largest absolute Gasteiger partial charge is 0.387 e. The minimum Gasteiger partial charge on any atom is -0.387 e. The lowest BCUT2D eigenvalue weighted by Crippen LogP contribution is -2.43. The second-order valence-electron chi connectivity index (χ2n) is 10.7. The van der Waals surface area contributed by atoms with Gasteiger partial charge in [-0.1, -0.05) is 6.07 Å². The number of nitrogens with zero attached hydrogens (tertiary/aromatic N) is 6. The molecule has 3 aliphatic heterocycles. The van der Waals surface area contributed by atoms with Crippen LogP contribution in [0, 0.1) is 5.92 Å². The van der Waals surface area contributed by atoms with Crippen molar-refractivity contribution in [1.29, 1.82) is 0 Å². The van der Waals surface area contributed by atoms with E-state index in [9.17, 15) is 9.90 Å². The van der Waals surface area contributed by atoms with Gasteiger partial charge in [0.05, 0.1) is 11.8 Å². The minimum atomic E-state index is -0.661. The number of rotatable bonds is 5. The molecule has 2 saturated heterocycles.